The number of carboxylic acid groups (broad SMARTS) is 1. The van der Waals surface area contributed by atoms with E-state index in [0.717, 1.165) is 16.3 Å². The Morgan fingerprint density at radius 1 is 1.41 bits per heavy atom. The van der Waals surface area contributed by atoms with Crippen LogP contribution in [0.1, 0.15) is 44.0 Å². The molecule has 0 aromatic carbocycles. The van der Waals surface area contributed by atoms with Crippen LogP contribution < -0.4 is 10.1 Å². The van der Waals surface area contributed by atoms with Crippen molar-refractivity contribution >= 4 is 70.1 Å². The number of H-pyrrole nitrogens is 1. The minimum atomic E-state index is -1.63. The van der Waals surface area contributed by atoms with Crippen molar-refractivity contribution in [3.8, 4) is 0 Å². The van der Waals surface area contributed by atoms with Crippen LogP contribution in [0.4, 0.5) is 4.79 Å². The van der Waals surface area contributed by atoms with Gasteiger partial charge in [-0.3, -0.25) is 14.4 Å². The third-order valence-electron chi connectivity index (χ3n) is 6.38. The van der Waals surface area contributed by atoms with Crippen LogP contribution in [0.25, 0.3) is 0 Å². The van der Waals surface area contributed by atoms with Crippen molar-refractivity contribution in [3.63, 3.8) is 0 Å². The zero-order valence-electron chi connectivity index (χ0n) is 21.5. The fourth-order valence-corrected chi connectivity index (χ4v) is 8.13. The molecule has 2 aromatic heterocycles. The van der Waals surface area contributed by atoms with E-state index in [1.807, 2.05) is 13.8 Å². The summed E-state index contributed by atoms with van der Waals surface area (Å²) in [5, 5.41) is 32.8. The lowest BCUT2D eigenvalue weighted by molar-refractivity contribution is -0.158. The van der Waals surface area contributed by atoms with Crippen molar-refractivity contribution in [2.75, 3.05) is 18.1 Å². The molecule has 0 bridgehead atoms. The quantitative estimate of drug-likeness (QED) is 0.237. The van der Waals surface area contributed by atoms with E-state index in [1.54, 1.807) is 13.8 Å². The van der Waals surface area contributed by atoms with E-state index in [2.05, 4.69) is 25.5 Å². The number of nitrogens with zero attached hydrogens (tertiary/aromatic N) is 4. The minimum Gasteiger partial charge on any atom is -0.481 e. The van der Waals surface area contributed by atoms with E-state index in [9.17, 15) is 29.4 Å². The molecular weight excluding hydrogens is 589 g/mol. The molecule has 2 saturated heterocycles. The summed E-state index contributed by atoms with van der Waals surface area (Å²) >= 11 is 4.96. The van der Waals surface area contributed by atoms with E-state index in [1.165, 1.54) is 45.1 Å². The molecule has 4 N–H and O–H groups in total. The Labute approximate surface area is 239 Å². The van der Waals surface area contributed by atoms with Gasteiger partial charge in [0.1, 0.15) is 27.4 Å². The first-order valence-electron chi connectivity index (χ1n) is 11.9. The number of aromatic nitrogens is 3. The predicted octanol–water partition coefficient (Wildman–Crippen LogP) is 1.76. The largest absolute Gasteiger partial charge is 0.481 e. The number of carbonyl (C=O) groups excluding carboxylic acids is 3. The Hall–Kier alpha value is -2.47. The van der Waals surface area contributed by atoms with Gasteiger partial charge in [-0.2, -0.15) is 0 Å². The van der Waals surface area contributed by atoms with Crippen LogP contribution in [0.15, 0.2) is 14.7 Å². The van der Waals surface area contributed by atoms with Gasteiger partial charge in [0.15, 0.2) is 15.2 Å². The Bertz CT molecular complexity index is 1340. The zero-order valence-corrected chi connectivity index (χ0v) is 24.8. The topological polar surface area (TPSA) is 187 Å². The molecule has 13 nitrogen and oxygen atoms in total. The number of hydrogen-bond donors (Lipinski definition) is 4. The minimum absolute atomic E-state index is 0.00660. The number of thiazole rings is 1. The van der Waals surface area contributed by atoms with Gasteiger partial charge < -0.3 is 30.2 Å². The molecule has 4 rings (SSSR count). The molecule has 0 radical (unpaired) electrons. The molecule has 2 aliphatic heterocycles. The molecule has 3 amide bonds. The molecule has 2 aliphatic rings. The number of carboxylic acids is 1. The fraction of sp³-hybridized carbons (Fsp3) is 0.591. The number of carbonyl (C=O) groups is 4. The molecule has 17 heteroatoms. The Balaban J connectivity index is 1.35. The number of amides is 3. The van der Waals surface area contributed by atoms with Gasteiger partial charge in [-0.05, 0) is 27.2 Å². The van der Waals surface area contributed by atoms with Crippen molar-refractivity contribution in [1.82, 2.24) is 25.4 Å². The molecule has 0 aliphatic carbocycles. The van der Waals surface area contributed by atoms with Crippen molar-refractivity contribution in [2.24, 2.45) is 10.4 Å². The summed E-state index contributed by atoms with van der Waals surface area (Å²) in [4.78, 5) is 58.0. The van der Waals surface area contributed by atoms with Crippen molar-refractivity contribution in [3.05, 3.63) is 20.9 Å². The third kappa shape index (κ3) is 6.48. The molecule has 3 unspecified atom stereocenters. The third-order valence-corrected chi connectivity index (χ3v) is 11.0. The van der Waals surface area contributed by atoms with Crippen LogP contribution in [-0.4, -0.2) is 89.2 Å². The lowest BCUT2D eigenvalue weighted by Crippen LogP contribution is -2.74. The van der Waals surface area contributed by atoms with Crippen LogP contribution in [-0.2, 0) is 19.1 Å². The smallest absolute Gasteiger partial charge is 0.436 e. The first kappa shape index (κ1) is 29.5. The number of rotatable bonds is 9. The average molecular weight is 617 g/mol. The van der Waals surface area contributed by atoms with Gasteiger partial charge in [0.25, 0.3) is 5.91 Å². The summed E-state index contributed by atoms with van der Waals surface area (Å²) in [6.45, 7) is 7.21. The summed E-state index contributed by atoms with van der Waals surface area (Å²) < 4.78 is 5.93. The number of thioether (sulfide) groups is 2. The maximum Gasteiger partial charge on any atom is 0.436 e. The zero-order chi connectivity index (χ0) is 28.5. The normalized spacial score (nSPS) is 24.1. The number of aliphatic hydroxyl groups is 1. The number of β-lactam (4-membered cyclic amide) rings is 1. The highest BCUT2D eigenvalue weighted by molar-refractivity contribution is 8.01. The number of aliphatic hydroxyl groups excluding tert-OH is 1. The van der Waals surface area contributed by atoms with Crippen molar-refractivity contribution in [2.45, 2.75) is 61.6 Å². The molecule has 39 heavy (non-hydrogen) atoms. The standard InChI is InChI=1S/C22H28N6O7S4/c1-5-21(3,4)35-19(34)25-18-23-11(6-36-18)13(29)14(30)24-12-15(31)28-7-22(17(32)33,8-37-16(12)28)9-38-20-27-26-10(2)39-20/h6,12-13,16,29H,5,7-9H2,1-4H3,(H,24,30)(H,32,33)(H,23,25,34)/t12?,13?,16-,22?/m1/s1. The van der Waals surface area contributed by atoms with Gasteiger partial charge in [-0.1, -0.05) is 30.0 Å². The summed E-state index contributed by atoms with van der Waals surface area (Å²) in [6, 6.07) is -0.892. The number of hydrogen-bond acceptors (Lipinski definition) is 12. The first-order valence-corrected chi connectivity index (χ1v) is 15.6. The van der Waals surface area contributed by atoms with Gasteiger partial charge in [-0.25, -0.2) is 4.79 Å². The summed E-state index contributed by atoms with van der Waals surface area (Å²) in [5.41, 5.74) is -1.75. The van der Waals surface area contributed by atoms with Crippen molar-refractivity contribution in [1.29, 1.82) is 0 Å². The predicted molar refractivity (Wildman–Crippen MR) is 145 cm³/mol. The van der Waals surface area contributed by atoms with Gasteiger partial charge >= 0.3 is 12.1 Å². The van der Waals surface area contributed by atoms with Crippen LogP contribution >= 0.6 is 46.2 Å². The van der Waals surface area contributed by atoms with Crippen LogP contribution in [0.2, 0.25) is 0 Å². The molecule has 0 saturated carbocycles. The highest BCUT2D eigenvalue weighted by Crippen LogP contribution is 2.44. The van der Waals surface area contributed by atoms with E-state index in [0.29, 0.717) is 10.8 Å². The number of nitrogens with one attached hydrogen (secondary N) is 2. The van der Waals surface area contributed by atoms with Gasteiger partial charge in [0.05, 0.1) is 5.69 Å². The maximum absolute atomic E-state index is 12.9. The van der Waals surface area contributed by atoms with Crippen LogP contribution in [0.3, 0.4) is 0 Å². The number of aliphatic carboxylic acids is 1. The number of ether oxygens (including phenoxy) is 1. The molecule has 4 atom stereocenters. The van der Waals surface area contributed by atoms with E-state index in [-0.39, 0.29) is 28.5 Å². The summed E-state index contributed by atoms with van der Waals surface area (Å²) in [5.74, 6) is -1.76. The highest BCUT2D eigenvalue weighted by Gasteiger charge is 2.57. The maximum atomic E-state index is 12.9. The number of fused-ring (bicyclic) bond motifs is 1. The summed E-state index contributed by atoms with van der Waals surface area (Å²) in [6.07, 6.45) is -1.83. The molecule has 0 spiro atoms. The van der Waals surface area contributed by atoms with Crippen LogP contribution in [0.5, 0.6) is 0 Å². The molecule has 2 aromatic rings. The van der Waals surface area contributed by atoms with Gasteiger partial charge in [0.2, 0.25) is 5.91 Å². The van der Waals surface area contributed by atoms with Gasteiger partial charge in [-0.15, -0.1) is 38.3 Å². The average Bonchev–Trinajstić information content (AvgIpc) is 3.53. The number of aryl methyl sites for hydroxylation is 1. The molecular formula is C22H28N6O7S4. The lowest BCUT2D eigenvalue weighted by Gasteiger charge is -2.53. The Morgan fingerprint density at radius 3 is 2.79 bits per heavy atom. The monoisotopic (exact) mass is 616 g/mol. The second-order valence-corrected chi connectivity index (χ2v) is 14.1. The molecule has 212 valence electrons. The molecule has 2 fully saturated rings. The van der Waals surface area contributed by atoms with Gasteiger partial charge in [0, 0.05) is 23.4 Å². The summed E-state index contributed by atoms with van der Waals surface area (Å²) in [7, 11) is 0. The Kier molecular flexibility index (Phi) is 8.75. The second-order valence-electron chi connectivity index (χ2n) is 9.73. The fourth-order valence-electron chi connectivity index (χ4n) is 3.72. The van der Waals surface area contributed by atoms with E-state index in [4.69, 9.17) is 4.74 Å². The first-order chi connectivity index (χ1) is 18.3. The molecule has 4 heterocycles. The highest BCUT2D eigenvalue weighted by atomic mass is 32.2. The van der Waals surface area contributed by atoms with E-state index < -0.39 is 52.4 Å². The second kappa shape index (κ2) is 11.6. The lowest BCUT2D eigenvalue weighted by atomic mass is 9.89. The Morgan fingerprint density at radius 2 is 2.15 bits per heavy atom. The van der Waals surface area contributed by atoms with Crippen LogP contribution in [0, 0.1) is 12.3 Å². The van der Waals surface area contributed by atoms with Crippen molar-refractivity contribution < 1.29 is 34.1 Å². The van der Waals surface area contributed by atoms with E-state index >= 15 is 0 Å². The SMILES string of the molecule is CCC(C)(C)OC(=O)N=c1[nH]c(C(O)C(=O)NC2C(=O)N3CC(CSc4nnc(C)s4)(C(=O)O)CS[C@H]23)cs1. The number of aromatic amines is 1.